The molecule has 0 radical (unpaired) electrons. The lowest BCUT2D eigenvalue weighted by Crippen LogP contribution is -2.51. The molecule has 2 aromatic rings. The van der Waals surface area contributed by atoms with Gasteiger partial charge in [-0.25, -0.2) is 0 Å². The van der Waals surface area contributed by atoms with Crippen LogP contribution in [0.1, 0.15) is 36.1 Å². The maximum absolute atomic E-state index is 8.60. The average molecular weight is 381 g/mol. The van der Waals surface area contributed by atoms with Crippen LogP contribution < -0.4 is 16.0 Å². The molecule has 4 N–H and O–H groups in total. The minimum atomic E-state index is -0.175. The summed E-state index contributed by atoms with van der Waals surface area (Å²) < 4.78 is 13.4. The second-order valence-electron chi connectivity index (χ2n) is 7.50. The fourth-order valence-electron chi connectivity index (χ4n) is 3.96. The predicted octanol–water partition coefficient (Wildman–Crippen LogP) is 2.04. The van der Waals surface area contributed by atoms with Crippen LogP contribution in [-0.4, -0.2) is 48.2 Å². The highest BCUT2D eigenvalue weighted by atomic mass is 16.5. The molecule has 1 saturated heterocycles. The Labute approximate surface area is 164 Å². The van der Waals surface area contributed by atoms with Gasteiger partial charge >= 0.3 is 0 Å². The Morgan fingerprint density at radius 2 is 1.96 bits per heavy atom. The van der Waals surface area contributed by atoms with Gasteiger partial charge in [-0.05, 0) is 43.1 Å². The van der Waals surface area contributed by atoms with Gasteiger partial charge in [0.15, 0.2) is 0 Å². The molecule has 0 unspecified atom stereocenters. The molecule has 148 valence electrons. The topological polar surface area (TPSA) is 100 Å². The van der Waals surface area contributed by atoms with E-state index < -0.39 is 0 Å². The fraction of sp³-hybridized carbons (Fsp3) is 0.429. The van der Waals surface area contributed by atoms with Crippen LogP contribution in [0.2, 0.25) is 0 Å². The van der Waals surface area contributed by atoms with Crippen LogP contribution in [0.5, 0.6) is 5.75 Å². The smallest absolute Gasteiger partial charge is 0.137 e. The Balaban J connectivity index is 1.59. The number of ether oxygens (including phenoxy) is 2. The molecule has 4 rings (SSSR count). The van der Waals surface area contributed by atoms with Crippen molar-refractivity contribution in [3.05, 3.63) is 59.2 Å². The molecule has 0 amide bonds. The third kappa shape index (κ3) is 3.61. The van der Waals surface area contributed by atoms with Gasteiger partial charge in [-0.2, -0.15) is 0 Å². The third-order valence-electron chi connectivity index (χ3n) is 5.65. The molecular weight excluding hydrogens is 354 g/mol. The lowest BCUT2D eigenvalue weighted by Gasteiger charge is -2.33. The van der Waals surface area contributed by atoms with E-state index in [1.807, 2.05) is 19.2 Å². The number of likely N-dealkylation sites (N-methyl/N-ethyl adjacent to an activating group) is 1. The van der Waals surface area contributed by atoms with Crippen LogP contribution in [-0.2, 0) is 4.74 Å². The van der Waals surface area contributed by atoms with E-state index in [0.717, 1.165) is 30.5 Å². The molecule has 0 bridgehead atoms. The number of rotatable bonds is 3. The van der Waals surface area contributed by atoms with Gasteiger partial charge in [-0.3, -0.25) is 20.3 Å². The number of aromatic nitrogens is 1. The summed E-state index contributed by atoms with van der Waals surface area (Å²) in [6.45, 7) is 1.90. The van der Waals surface area contributed by atoms with E-state index in [9.17, 15) is 0 Å². The summed E-state index contributed by atoms with van der Waals surface area (Å²) in [6.07, 6.45) is 3.39. The average Bonchev–Trinajstić information content (AvgIpc) is 2.71. The molecule has 7 heteroatoms. The minimum absolute atomic E-state index is 0.0478. The number of hydrogen-bond acceptors (Lipinski definition) is 6. The molecule has 0 spiro atoms. The first-order valence-electron chi connectivity index (χ1n) is 9.70. The summed E-state index contributed by atoms with van der Waals surface area (Å²) in [6, 6.07) is 11.5. The third-order valence-corrected chi connectivity index (χ3v) is 5.65. The Kier molecular flexibility index (Phi) is 5.30. The van der Waals surface area contributed by atoms with Crippen LogP contribution >= 0.6 is 0 Å². The van der Waals surface area contributed by atoms with Gasteiger partial charge in [0.2, 0.25) is 0 Å². The second-order valence-corrected chi connectivity index (χ2v) is 7.50. The van der Waals surface area contributed by atoms with Crippen LogP contribution in [0, 0.1) is 10.8 Å². The Morgan fingerprint density at radius 3 is 2.75 bits per heavy atom. The normalized spacial score (nSPS) is 25.1. The fourth-order valence-corrected chi connectivity index (χ4v) is 3.96. The lowest BCUT2D eigenvalue weighted by atomic mass is 9.86. The number of hydrogen-bond donors (Lipinski definition) is 3. The quantitative estimate of drug-likeness (QED) is 0.559. The van der Waals surface area contributed by atoms with Crippen LogP contribution in [0.3, 0.4) is 0 Å². The van der Waals surface area contributed by atoms with Gasteiger partial charge in [0.05, 0.1) is 25.5 Å². The molecule has 1 fully saturated rings. The summed E-state index contributed by atoms with van der Waals surface area (Å²) in [5.41, 5.74) is 8.76. The van der Waals surface area contributed by atoms with Gasteiger partial charge in [-0.15, -0.1) is 0 Å². The van der Waals surface area contributed by atoms with Crippen molar-refractivity contribution in [2.24, 2.45) is 5.73 Å². The molecule has 3 atom stereocenters. The zero-order valence-corrected chi connectivity index (χ0v) is 16.1. The Bertz CT molecular complexity index is 925. The molecular formula is C21H27N5O2. The van der Waals surface area contributed by atoms with Crippen LogP contribution in [0.15, 0.2) is 42.6 Å². The summed E-state index contributed by atoms with van der Waals surface area (Å²) in [5.74, 6) is 0.971. The second kappa shape index (κ2) is 7.87. The highest BCUT2D eigenvalue weighted by molar-refractivity contribution is 5.87. The molecule has 1 aromatic heterocycles. The number of nitrogens with two attached hydrogens (primary N) is 1. The van der Waals surface area contributed by atoms with Crippen molar-refractivity contribution in [3.63, 3.8) is 0 Å². The lowest BCUT2D eigenvalue weighted by molar-refractivity contribution is 0.0287. The van der Waals surface area contributed by atoms with Gasteiger partial charge in [-0.1, -0.05) is 24.3 Å². The molecule has 2 aliphatic rings. The summed E-state index contributed by atoms with van der Waals surface area (Å²) in [4.78, 5) is 2.09. The maximum Gasteiger partial charge on any atom is 0.137 e. The van der Waals surface area contributed by atoms with Crippen LogP contribution in [0.4, 0.5) is 0 Å². The van der Waals surface area contributed by atoms with Gasteiger partial charge in [0, 0.05) is 12.6 Å². The molecule has 1 aliphatic heterocycles. The number of morpholine rings is 1. The largest absolute Gasteiger partial charge is 0.484 e. The zero-order valence-electron chi connectivity index (χ0n) is 16.1. The molecule has 1 aliphatic carbocycles. The first-order valence-corrected chi connectivity index (χ1v) is 9.70. The number of benzene rings is 1. The van der Waals surface area contributed by atoms with E-state index in [0.29, 0.717) is 24.8 Å². The molecule has 0 saturated carbocycles. The first kappa shape index (κ1) is 18.9. The first-order chi connectivity index (χ1) is 13.5. The molecule has 2 heterocycles. The summed E-state index contributed by atoms with van der Waals surface area (Å²) in [5, 5.41) is 16.8. The number of nitrogens with zero attached hydrogens (tertiary/aromatic N) is 2. The van der Waals surface area contributed by atoms with Crippen molar-refractivity contribution in [1.82, 2.24) is 9.47 Å². The number of nitrogens with one attached hydrogen (secondary N) is 2. The molecule has 7 nitrogen and oxygen atoms in total. The molecule has 28 heavy (non-hydrogen) atoms. The van der Waals surface area contributed by atoms with E-state index in [4.69, 9.17) is 26.0 Å². The van der Waals surface area contributed by atoms with Crippen LogP contribution in [0.25, 0.3) is 0 Å². The van der Waals surface area contributed by atoms with Gasteiger partial charge < -0.3 is 15.2 Å². The van der Waals surface area contributed by atoms with E-state index in [1.54, 1.807) is 22.9 Å². The summed E-state index contributed by atoms with van der Waals surface area (Å²) in [7, 11) is 1.98. The van der Waals surface area contributed by atoms with Gasteiger partial charge in [0.1, 0.15) is 23.2 Å². The van der Waals surface area contributed by atoms with Crippen molar-refractivity contribution in [1.29, 1.82) is 10.8 Å². The number of fused-ring (bicyclic) bond motifs is 1. The predicted molar refractivity (Wildman–Crippen MR) is 107 cm³/mol. The standard InChI is InChI=1S/C21H27N5O2/c1-25-10-11-27-13-18(25)21(24)26-12-14(6-9-20(26)23)28-19-8-7-17(22)15-4-2-3-5-16(15)19/h2-6,9,12,17-19,23-24H,7-8,10-11,13,22H2,1H3/t17-,18-,19+/m0/s1. The SMILES string of the molecule is CN1CCOC[C@H]1C(=N)n1cc(O[C@@H]2CC[C@H](N)c3ccccc32)ccc1=N. The highest BCUT2D eigenvalue weighted by Crippen LogP contribution is 2.37. The van der Waals surface area contributed by atoms with E-state index >= 15 is 0 Å². The van der Waals surface area contributed by atoms with Crippen molar-refractivity contribution in [2.45, 2.75) is 31.0 Å². The van der Waals surface area contributed by atoms with Crippen molar-refractivity contribution >= 4 is 5.84 Å². The zero-order chi connectivity index (χ0) is 19.7. The monoisotopic (exact) mass is 381 g/mol. The number of pyridine rings is 1. The van der Waals surface area contributed by atoms with Gasteiger partial charge in [0.25, 0.3) is 0 Å². The maximum atomic E-state index is 8.60. The van der Waals surface area contributed by atoms with Crippen molar-refractivity contribution in [3.8, 4) is 5.75 Å². The Morgan fingerprint density at radius 1 is 1.18 bits per heavy atom. The minimum Gasteiger partial charge on any atom is -0.484 e. The van der Waals surface area contributed by atoms with E-state index in [1.165, 1.54) is 0 Å². The highest BCUT2D eigenvalue weighted by Gasteiger charge is 2.27. The van der Waals surface area contributed by atoms with Crippen molar-refractivity contribution in [2.75, 3.05) is 26.8 Å². The van der Waals surface area contributed by atoms with E-state index in [-0.39, 0.29) is 23.7 Å². The summed E-state index contributed by atoms with van der Waals surface area (Å²) >= 11 is 0. The Hall–Kier alpha value is -2.48. The van der Waals surface area contributed by atoms with E-state index in [2.05, 4.69) is 17.0 Å². The van der Waals surface area contributed by atoms with Crippen molar-refractivity contribution < 1.29 is 9.47 Å². The molecule has 1 aromatic carbocycles.